The SMILES string of the molecule is CN(C)C(=O)N1CCN(Cc2ccc(OCC(N)=O)c(Cl)c2)CC1. The first kappa shape index (κ1) is 18.4. The van der Waals surface area contributed by atoms with Crippen LogP contribution in [0, 0.1) is 0 Å². The lowest BCUT2D eigenvalue weighted by Gasteiger charge is -2.36. The van der Waals surface area contributed by atoms with Crippen LogP contribution in [0.5, 0.6) is 5.75 Å². The molecule has 1 aliphatic heterocycles. The number of piperazine rings is 1. The van der Waals surface area contributed by atoms with Crippen molar-refractivity contribution >= 4 is 23.5 Å². The van der Waals surface area contributed by atoms with Gasteiger partial charge in [0, 0.05) is 46.8 Å². The van der Waals surface area contributed by atoms with Gasteiger partial charge in [0.2, 0.25) is 0 Å². The molecule has 1 heterocycles. The average Bonchev–Trinajstić information content (AvgIpc) is 2.54. The van der Waals surface area contributed by atoms with Crippen molar-refractivity contribution < 1.29 is 14.3 Å². The highest BCUT2D eigenvalue weighted by Gasteiger charge is 2.22. The van der Waals surface area contributed by atoms with Gasteiger partial charge in [0.05, 0.1) is 5.02 Å². The van der Waals surface area contributed by atoms with Crippen LogP contribution >= 0.6 is 11.6 Å². The summed E-state index contributed by atoms with van der Waals surface area (Å²) >= 11 is 6.18. The maximum Gasteiger partial charge on any atom is 0.319 e. The number of nitrogens with two attached hydrogens (primary N) is 1. The predicted molar refractivity (Wildman–Crippen MR) is 92.1 cm³/mol. The van der Waals surface area contributed by atoms with E-state index in [-0.39, 0.29) is 12.6 Å². The van der Waals surface area contributed by atoms with Crippen LogP contribution in [0.15, 0.2) is 18.2 Å². The van der Waals surface area contributed by atoms with E-state index >= 15 is 0 Å². The molecule has 132 valence electrons. The minimum Gasteiger partial charge on any atom is -0.482 e. The van der Waals surface area contributed by atoms with Crippen LogP contribution in [0.2, 0.25) is 5.02 Å². The van der Waals surface area contributed by atoms with E-state index in [0.29, 0.717) is 23.9 Å². The monoisotopic (exact) mass is 354 g/mol. The number of ether oxygens (including phenoxy) is 1. The van der Waals surface area contributed by atoms with Crippen molar-refractivity contribution in [3.63, 3.8) is 0 Å². The molecule has 0 aliphatic carbocycles. The predicted octanol–water partition coefficient (Wildman–Crippen LogP) is 1.00. The smallest absolute Gasteiger partial charge is 0.319 e. The molecule has 1 saturated heterocycles. The van der Waals surface area contributed by atoms with Crippen molar-refractivity contribution in [3.05, 3.63) is 28.8 Å². The molecule has 0 aromatic heterocycles. The second-order valence-corrected chi connectivity index (χ2v) is 6.37. The van der Waals surface area contributed by atoms with Crippen LogP contribution in [0.25, 0.3) is 0 Å². The molecule has 0 saturated carbocycles. The normalized spacial score (nSPS) is 15.2. The summed E-state index contributed by atoms with van der Waals surface area (Å²) in [7, 11) is 3.52. The zero-order chi connectivity index (χ0) is 17.7. The molecule has 1 aliphatic rings. The number of nitrogens with zero attached hydrogens (tertiary/aromatic N) is 3. The van der Waals surface area contributed by atoms with E-state index in [1.807, 2.05) is 17.0 Å². The fraction of sp³-hybridized carbons (Fsp3) is 0.500. The topological polar surface area (TPSA) is 79.1 Å². The van der Waals surface area contributed by atoms with Gasteiger partial charge in [-0.1, -0.05) is 17.7 Å². The Balaban J connectivity index is 1.87. The summed E-state index contributed by atoms with van der Waals surface area (Å²) in [5.41, 5.74) is 6.10. The number of hydrogen-bond acceptors (Lipinski definition) is 4. The number of urea groups is 1. The standard InChI is InChI=1S/C16H23ClN4O3/c1-19(2)16(23)21-7-5-20(6-8-21)10-12-3-4-14(13(17)9-12)24-11-15(18)22/h3-4,9H,5-8,10-11H2,1-2H3,(H2,18,22). The summed E-state index contributed by atoms with van der Waals surface area (Å²) in [6.45, 7) is 3.62. The van der Waals surface area contributed by atoms with Gasteiger partial charge in [0.15, 0.2) is 6.61 Å². The first-order valence-electron chi connectivity index (χ1n) is 7.75. The summed E-state index contributed by atoms with van der Waals surface area (Å²) < 4.78 is 5.24. The number of halogens is 1. The van der Waals surface area contributed by atoms with Crippen LogP contribution in [0.3, 0.4) is 0 Å². The fourth-order valence-electron chi connectivity index (χ4n) is 2.55. The fourth-order valence-corrected chi connectivity index (χ4v) is 2.80. The zero-order valence-corrected chi connectivity index (χ0v) is 14.8. The van der Waals surface area contributed by atoms with Crippen LogP contribution in [0.4, 0.5) is 4.79 Å². The first-order valence-corrected chi connectivity index (χ1v) is 8.12. The number of rotatable bonds is 5. The molecule has 24 heavy (non-hydrogen) atoms. The number of hydrogen-bond donors (Lipinski definition) is 1. The molecule has 0 spiro atoms. The third-order valence-corrected chi connectivity index (χ3v) is 4.09. The zero-order valence-electron chi connectivity index (χ0n) is 14.0. The Bertz CT molecular complexity index is 601. The summed E-state index contributed by atoms with van der Waals surface area (Å²) in [4.78, 5) is 28.4. The number of carbonyl (C=O) groups is 2. The van der Waals surface area contributed by atoms with Crippen LogP contribution in [-0.4, -0.2) is 73.5 Å². The highest BCUT2D eigenvalue weighted by atomic mass is 35.5. The van der Waals surface area contributed by atoms with Crippen molar-refractivity contribution in [3.8, 4) is 5.75 Å². The maximum atomic E-state index is 11.9. The minimum atomic E-state index is -0.541. The van der Waals surface area contributed by atoms with E-state index < -0.39 is 5.91 Å². The van der Waals surface area contributed by atoms with E-state index in [2.05, 4.69) is 4.90 Å². The largest absolute Gasteiger partial charge is 0.482 e. The van der Waals surface area contributed by atoms with E-state index in [9.17, 15) is 9.59 Å². The van der Waals surface area contributed by atoms with Gasteiger partial charge in [-0.15, -0.1) is 0 Å². The Morgan fingerprint density at radius 1 is 1.25 bits per heavy atom. The third kappa shape index (κ3) is 5.01. The van der Waals surface area contributed by atoms with Crippen molar-refractivity contribution in [2.24, 2.45) is 5.73 Å². The molecular formula is C16H23ClN4O3. The van der Waals surface area contributed by atoms with Crippen molar-refractivity contribution in [1.29, 1.82) is 0 Å². The first-order chi connectivity index (χ1) is 11.4. The second-order valence-electron chi connectivity index (χ2n) is 5.96. The number of carbonyl (C=O) groups excluding carboxylic acids is 2. The summed E-state index contributed by atoms with van der Waals surface area (Å²) in [5.74, 6) is -0.0964. The lowest BCUT2D eigenvalue weighted by Crippen LogP contribution is -2.51. The highest BCUT2D eigenvalue weighted by Crippen LogP contribution is 2.26. The Morgan fingerprint density at radius 3 is 2.46 bits per heavy atom. The molecule has 1 fully saturated rings. The van der Waals surface area contributed by atoms with Gasteiger partial charge in [-0.3, -0.25) is 9.69 Å². The lowest BCUT2D eigenvalue weighted by atomic mass is 10.2. The Morgan fingerprint density at radius 2 is 1.92 bits per heavy atom. The minimum absolute atomic E-state index is 0.0497. The molecule has 1 aromatic rings. The third-order valence-electron chi connectivity index (χ3n) is 3.80. The molecule has 8 heteroatoms. The average molecular weight is 355 g/mol. The van der Waals surface area contributed by atoms with E-state index in [0.717, 1.165) is 25.2 Å². The molecular weight excluding hydrogens is 332 g/mol. The van der Waals surface area contributed by atoms with E-state index in [1.165, 1.54) is 0 Å². The number of amides is 3. The summed E-state index contributed by atoms with van der Waals surface area (Å²) in [6, 6.07) is 5.54. The molecule has 0 atom stereocenters. The van der Waals surface area contributed by atoms with Crippen molar-refractivity contribution in [2.75, 3.05) is 46.9 Å². The van der Waals surface area contributed by atoms with Gasteiger partial charge in [-0.2, -0.15) is 0 Å². The second kappa shape index (κ2) is 8.21. The summed E-state index contributed by atoms with van der Waals surface area (Å²) in [5, 5.41) is 0.454. The Hall–Kier alpha value is -1.99. The van der Waals surface area contributed by atoms with Crippen molar-refractivity contribution in [2.45, 2.75) is 6.54 Å². The molecule has 0 unspecified atom stereocenters. The van der Waals surface area contributed by atoms with Gasteiger partial charge in [0.1, 0.15) is 5.75 Å². The molecule has 2 N–H and O–H groups in total. The van der Waals surface area contributed by atoms with Gasteiger partial charge in [0.25, 0.3) is 5.91 Å². The van der Waals surface area contributed by atoms with Gasteiger partial charge in [-0.25, -0.2) is 4.79 Å². The molecule has 0 radical (unpaired) electrons. The summed E-state index contributed by atoms with van der Waals surface area (Å²) in [6.07, 6.45) is 0. The van der Waals surface area contributed by atoms with Crippen LogP contribution < -0.4 is 10.5 Å². The molecule has 1 aromatic carbocycles. The number of primary amides is 1. The van der Waals surface area contributed by atoms with Gasteiger partial charge >= 0.3 is 6.03 Å². The molecule has 0 bridgehead atoms. The lowest BCUT2D eigenvalue weighted by molar-refractivity contribution is -0.119. The molecule has 3 amide bonds. The van der Waals surface area contributed by atoms with Crippen LogP contribution in [-0.2, 0) is 11.3 Å². The van der Waals surface area contributed by atoms with E-state index in [4.69, 9.17) is 22.1 Å². The maximum absolute atomic E-state index is 11.9. The van der Waals surface area contributed by atoms with Crippen LogP contribution in [0.1, 0.15) is 5.56 Å². The highest BCUT2D eigenvalue weighted by molar-refractivity contribution is 6.32. The quantitative estimate of drug-likeness (QED) is 0.855. The Kier molecular flexibility index (Phi) is 6.28. The Labute approximate surface area is 146 Å². The van der Waals surface area contributed by atoms with Crippen molar-refractivity contribution in [1.82, 2.24) is 14.7 Å². The molecule has 2 rings (SSSR count). The van der Waals surface area contributed by atoms with E-state index in [1.54, 1.807) is 25.1 Å². The molecule has 7 nitrogen and oxygen atoms in total. The number of benzene rings is 1. The van der Waals surface area contributed by atoms with Gasteiger partial charge in [-0.05, 0) is 17.7 Å². The van der Waals surface area contributed by atoms with Gasteiger partial charge < -0.3 is 20.3 Å².